The molecular formula is C13H19N3O. The molecule has 1 atom stereocenters. The number of aryl methyl sites for hydroxylation is 1. The highest BCUT2D eigenvalue weighted by atomic mass is 16.2. The van der Waals surface area contributed by atoms with Crippen LogP contribution in [-0.4, -0.2) is 38.0 Å². The Morgan fingerprint density at radius 2 is 2.12 bits per heavy atom. The molecule has 0 saturated carbocycles. The van der Waals surface area contributed by atoms with Gasteiger partial charge in [0, 0.05) is 24.3 Å². The molecular weight excluding hydrogens is 214 g/mol. The van der Waals surface area contributed by atoms with Gasteiger partial charge in [-0.2, -0.15) is 0 Å². The number of hydrogen-bond acceptors (Lipinski definition) is 3. The van der Waals surface area contributed by atoms with Crippen molar-refractivity contribution in [3.05, 3.63) is 29.3 Å². The normalized spacial score (nSPS) is 19.0. The SMILES string of the molecule is Cc1ccc2c(c1)C(N)C(=O)N2CCN(C)C. The summed E-state index contributed by atoms with van der Waals surface area (Å²) >= 11 is 0. The van der Waals surface area contributed by atoms with Crippen LogP contribution in [0.4, 0.5) is 5.69 Å². The Labute approximate surface area is 102 Å². The zero-order chi connectivity index (χ0) is 12.6. The number of anilines is 1. The number of amides is 1. The van der Waals surface area contributed by atoms with Crippen LogP contribution in [0.3, 0.4) is 0 Å². The van der Waals surface area contributed by atoms with E-state index in [9.17, 15) is 4.79 Å². The summed E-state index contributed by atoms with van der Waals surface area (Å²) in [6.07, 6.45) is 0. The fraction of sp³-hybridized carbons (Fsp3) is 0.462. The van der Waals surface area contributed by atoms with Crippen molar-refractivity contribution in [2.24, 2.45) is 5.73 Å². The van der Waals surface area contributed by atoms with Gasteiger partial charge in [0.2, 0.25) is 5.91 Å². The maximum Gasteiger partial charge on any atom is 0.248 e. The number of benzene rings is 1. The summed E-state index contributed by atoms with van der Waals surface area (Å²) in [7, 11) is 3.99. The lowest BCUT2D eigenvalue weighted by atomic mass is 10.1. The van der Waals surface area contributed by atoms with Crippen LogP contribution in [0.15, 0.2) is 18.2 Å². The van der Waals surface area contributed by atoms with Crippen LogP contribution in [-0.2, 0) is 4.79 Å². The highest BCUT2D eigenvalue weighted by Gasteiger charge is 2.34. The minimum Gasteiger partial charge on any atom is -0.316 e. The molecule has 0 aliphatic carbocycles. The van der Waals surface area contributed by atoms with E-state index in [-0.39, 0.29) is 5.91 Å². The third-order valence-corrected chi connectivity index (χ3v) is 3.11. The van der Waals surface area contributed by atoms with Crippen molar-refractivity contribution in [2.45, 2.75) is 13.0 Å². The van der Waals surface area contributed by atoms with Crippen LogP contribution in [0.25, 0.3) is 0 Å². The molecule has 1 aliphatic rings. The number of nitrogens with zero attached hydrogens (tertiary/aromatic N) is 2. The average molecular weight is 233 g/mol. The van der Waals surface area contributed by atoms with Gasteiger partial charge in [-0.1, -0.05) is 17.7 Å². The minimum atomic E-state index is -0.493. The lowest BCUT2D eigenvalue weighted by Gasteiger charge is -2.20. The average Bonchev–Trinajstić information content (AvgIpc) is 2.50. The number of likely N-dealkylation sites (N-methyl/N-ethyl adjacent to an activating group) is 1. The van der Waals surface area contributed by atoms with Crippen LogP contribution in [0.1, 0.15) is 17.2 Å². The molecule has 2 N–H and O–H groups in total. The predicted molar refractivity (Wildman–Crippen MR) is 69.0 cm³/mol. The fourth-order valence-electron chi connectivity index (χ4n) is 2.12. The van der Waals surface area contributed by atoms with Crippen LogP contribution in [0.2, 0.25) is 0 Å². The lowest BCUT2D eigenvalue weighted by molar-refractivity contribution is -0.119. The van der Waals surface area contributed by atoms with Gasteiger partial charge in [0.1, 0.15) is 6.04 Å². The Morgan fingerprint density at radius 1 is 1.41 bits per heavy atom. The molecule has 17 heavy (non-hydrogen) atoms. The molecule has 0 spiro atoms. The van der Waals surface area contributed by atoms with Crippen molar-refractivity contribution < 1.29 is 4.79 Å². The summed E-state index contributed by atoms with van der Waals surface area (Å²) in [5, 5.41) is 0. The molecule has 0 aromatic heterocycles. The zero-order valence-electron chi connectivity index (χ0n) is 10.6. The van der Waals surface area contributed by atoms with Crippen molar-refractivity contribution in [3.8, 4) is 0 Å². The van der Waals surface area contributed by atoms with E-state index >= 15 is 0 Å². The second-order valence-electron chi connectivity index (χ2n) is 4.83. The van der Waals surface area contributed by atoms with Crippen LogP contribution in [0.5, 0.6) is 0 Å². The third kappa shape index (κ3) is 2.18. The number of carbonyl (C=O) groups excluding carboxylic acids is 1. The maximum absolute atomic E-state index is 12.1. The highest BCUT2D eigenvalue weighted by Crippen LogP contribution is 2.34. The van der Waals surface area contributed by atoms with Gasteiger partial charge in [-0.15, -0.1) is 0 Å². The first-order chi connectivity index (χ1) is 8.00. The Bertz CT molecular complexity index is 442. The van der Waals surface area contributed by atoms with Crippen LogP contribution >= 0.6 is 0 Å². The van der Waals surface area contributed by atoms with Crippen molar-refractivity contribution in [1.29, 1.82) is 0 Å². The number of fused-ring (bicyclic) bond motifs is 1. The molecule has 4 heteroatoms. The number of hydrogen-bond donors (Lipinski definition) is 1. The predicted octanol–water partition coefficient (Wildman–Crippen LogP) is 0.903. The second kappa shape index (κ2) is 4.47. The summed E-state index contributed by atoms with van der Waals surface area (Å²) in [6.45, 7) is 3.54. The minimum absolute atomic E-state index is 0.00690. The first-order valence-electron chi connectivity index (χ1n) is 5.83. The Morgan fingerprint density at radius 3 is 2.76 bits per heavy atom. The van der Waals surface area contributed by atoms with Gasteiger partial charge in [-0.25, -0.2) is 0 Å². The molecule has 92 valence electrons. The topological polar surface area (TPSA) is 49.6 Å². The molecule has 1 heterocycles. The smallest absolute Gasteiger partial charge is 0.248 e. The zero-order valence-corrected chi connectivity index (χ0v) is 10.6. The van der Waals surface area contributed by atoms with Crippen LogP contribution < -0.4 is 10.6 Å². The van der Waals surface area contributed by atoms with Gasteiger partial charge in [-0.3, -0.25) is 4.79 Å². The molecule has 4 nitrogen and oxygen atoms in total. The van der Waals surface area contributed by atoms with Crippen molar-refractivity contribution >= 4 is 11.6 Å². The lowest BCUT2D eigenvalue weighted by Crippen LogP contribution is -2.36. The summed E-state index contributed by atoms with van der Waals surface area (Å²) in [6, 6.07) is 5.53. The van der Waals surface area contributed by atoms with E-state index in [1.807, 2.05) is 39.2 Å². The van der Waals surface area contributed by atoms with Crippen molar-refractivity contribution in [2.75, 3.05) is 32.1 Å². The van der Waals surface area contributed by atoms with Gasteiger partial charge in [0.05, 0.1) is 0 Å². The standard InChI is InChI=1S/C13H19N3O/c1-9-4-5-11-10(8-9)12(14)13(17)16(11)7-6-15(2)3/h4-5,8,12H,6-7,14H2,1-3H3. The molecule has 0 radical (unpaired) electrons. The Kier molecular flexibility index (Phi) is 3.17. The van der Waals surface area contributed by atoms with E-state index < -0.39 is 6.04 Å². The van der Waals surface area contributed by atoms with Gasteiger partial charge >= 0.3 is 0 Å². The van der Waals surface area contributed by atoms with Gasteiger partial charge in [0.25, 0.3) is 0 Å². The molecule has 0 fully saturated rings. The molecule has 2 rings (SSSR count). The monoisotopic (exact) mass is 233 g/mol. The largest absolute Gasteiger partial charge is 0.316 e. The van der Waals surface area contributed by atoms with E-state index in [1.54, 1.807) is 4.90 Å². The van der Waals surface area contributed by atoms with Gasteiger partial charge < -0.3 is 15.5 Å². The summed E-state index contributed by atoms with van der Waals surface area (Å²) in [5.41, 5.74) is 9.01. The molecule has 1 aliphatic heterocycles. The summed E-state index contributed by atoms with van der Waals surface area (Å²) in [4.78, 5) is 15.9. The van der Waals surface area contributed by atoms with E-state index in [2.05, 4.69) is 4.90 Å². The van der Waals surface area contributed by atoms with E-state index in [0.29, 0.717) is 6.54 Å². The second-order valence-corrected chi connectivity index (χ2v) is 4.83. The Hall–Kier alpha value is -1.39. The molecule has 1 unspecified atom stereocenters. The van der Waals surface area contributed by atoms with E-state index in [1.165, 1.54) is 0 Å². The number of carbonyl (C=O) groups is 1. The van der Waals surface area contributed by atoms with Gasteiger partial charge in [-0.05, 0) is 27.1 Å². The van der Waals surface area contributed by atoms with Crippen LogP contribution in [0, 0.1) is 6.92 Å². The molecule has 1 amide bonds. The first-order valence-corrected chi connectivity index (χ1v) is 5.83. The molecule has 1 aromatic carbocycles. The molecule has 0 saturated heterocycles. The van der Waals surface area contributed by atoms with Crippen molar-refractivity contribution in [1.82, 2.24) is 4.90 Å². The molecule has 0 bridgehead atoms. The number of nitrogens with two attached hydrogens (primary N) is 1. The fourth-order valence-corrected chi connectivity index (χ4v) is 2.12. The van der Waals surface area contributed by atoms with E-state index in [0.717, 1.165) is 23.4 Å². The third-order valence-electron chi connectivity index (χ3n) is 3.11. The molecule has 1 aromatic rings. The van der Waals surface area contributed by atoms with Gasteiger partial charge in [0.15, 0.2) is 0 Å². The quantitative estimate of drug-likeness (QED) is 0.844. The summed E-state index contributed by atoms with van der Waals surface area (Å²) < 4.78 is 0. The van der Waals surface area contributed by atoms with E-state index in [4.69, 9.17) is 5.73 Å². The van der Waals surface area contributed by atoms with Crippen molar-refractivity contribution in [3.63, 3.8) is 0 Å². The number of rotatable bonds is 3. The Balaban J connectivity index is 2.28. The maximum atomic E-state index is 12.1. The first kappa shape index (κ1) is 12.1. The highest BCUT2D eigenvalue weighted by molar-refractivity contribution is 6.04. The summed E-state index contributed by atoms with van der Waals surface area (Å²) in [5.74, 6) is 0.00690.